The molecule has 2 aromatic heterocycles. The van der Waals surface area contributed by atoms with E-state index in [2.05, 4.69) is 19.8 Å². The maximum atomic E-state index is 12.8. The van der Waals surface area contributed by atoms with Gasteiger partial charge >= 0.3 is 0 Å². The van der Waals surface area contributed by atoms with Crippen LogP contribution in [-0.4, -0.2) is 34.1 Å². The van der Waals surface area contributed by atoms with E-state index in [1.807, 2.05) is 0 Å². The Morgan fingerprint density at radius 1 is 1.09 bits per heavy atom. The number of aryl methyl sites for hydroxylation is 1. The van der Waals surface area contributed by atoms with Crippen LogP contribution >= 0.6 is 11.6 Å². The van der Waals surface area contributed by atoms with Crippen LogP contribution in [0.2, 0.25) is 5.02 Å². The number of ether oxygens (including phenoxy) is 1. The van der Waals surface area contributed by atoms with Crippen LogP contribution in [0, 0.1) is 6.92 Å². The van der Waals surface area contributed by atoms with Crippen LogP contribution in [0.5, 0.6) is 5.75 Å². The zero-order chi connectivity index (χ0) is 24.3. The lowest BCUT2D eigenvalue weighted by Gasteiger charge is -2.08. The van der Waals surface area contributed by atoms with Crippen molar-refractivity contribution in [1.82, 2.24) is 19.7 Å². The number of carbonyl (C=O) groups is 1. The van der Waals surface area contributed by atoms with Gasteiger partial charge in [-0.05, 0) is 61.5 Å². The van der Waals surface area contributed by atoms with E-state index in [1.165, 1.54) is 48.8 Å². The van der Waals surface area contributed by atoms with E-state index in [-0.39, 0.29) is 23.0 Å². The minimum atomic E-state index is -3.88. The van der Waals surface area contributed by atoms with Crippen LogP contribution in [0.4, 0.5) is 5.95 Å². The number of hydrogen-bond donors (Lipinski definition) is 2. The molecule has 174 valence electrons. The summed E-state index contributed by atoms with van der Waals surface area (Å²) in [5, 5.41) is 3.23. The lowest BCUT2D eigenvalue weighted by molar-refractivity contribution is 0.0940. The molecule has 0 unspecified atom stereocenters. The highest BCUT2D eigenvalue weighted by molar-refractivity contribution is 7.92. The Hall–Kier alpha value is -3.96. The molecule has 2 heterocycles. The summed E-state index contributed by atoms with van der Waals surface area (Å²) in [5.41, 5.74) is 0.496. The Morgan fingerprint density at radius 2 is 1.74 bits per heavy atom. The number of anilines is 1. The summed E-state index contributed by atoms with van der Waals surface area (Å²) in [7, 11) is -3.88. The molecule has 0 fully saturated rings. The quantitative estimate of drug-likeness (QED) is 0.399. The molecule has 0 bridgehead atoms. The van der Waals surface area contributed by atoms with Crippen LogP contribution in [0.15, 0.2) is 76.7 Å². The number of hydrogen-bond acceptors (Lipinski definition) is 7. The maximum absolute atomic E-state index is 12.8. The number of sulfonamides is 1. The fourth-order valence-corrected chi connectivity index (χ4v) is 4.10. The highest BCUT2D eigenvalue weighted by atomic mass is 35.5. The van der Waals surface area contributed by atoms with Crippen molar-refractivity contribution in [3.63, 3.8) is 0 Å². The Balaban J connectivity index is 1.46. The highest BCUT2D eigenvalue weighted by Crippen LogP contribution is 2.19. The molecule has 0 aliphatic carbocycles. The van der Waals surface area contributed by atoms with Gasteiger partial charge in [0.25, 0.3) is 21.5 Å². The van der Waals surface area contributed by atoms with Crippen molar-refractivity contribution in [1.29, 1.82) is 0 Å². The topological polar surface area (TPSA) is 136 Å². The average molecular weight is 500 g/mol. The van der Waals surface area contributed by atoms with Crippen molar-refractivity contribution in [2.75, 3.05) is 4.72 Å². The van der Waals surface area contributed by atoms with Gasteiger partial charge in [-0.1, -0.05) is 11.6 Å². The molecule has 12 heteroatoms. The van der Waals surface area contributed by atoms with Crippen molar-refractivity contribution >= 4 is 33.5 Å². The van der Waals surface area contributed by atoms with Crippen molar-refractivity contribution in [3.05, 3.63) is 99.2 Å². The molecule has 0 radical (unpaired) electrons. The maximum Gasteiger partial charge on any atom is 0.280 e. The molecule has 34 heavy (non-hydrogen) atoms. The summed E-state index contributed by atoms with van der Waals surface area (Å²) in [6, 6.07) is 13.4. The summed E-state index contributed by atoms with van der Waals surface area (Å²) >= 11 is 5.85. The molecule has 0 amide bonds. The first-order valence-corrected chi connectivity index (χ1v) is 11.7. The molecule has 2 N–H and O–H groups in total. The zero-order valence-electron chi connectivity index (χ0n) is 17.7. The summed E-state index contributed by atoms with van der Waals surface area (Å²) in [4.78, 5) is 33.1. The van der Waals surface area contributed by atoms with Crippen LogP contribution in [0.3, 0.4) is 0 Å². The standard InChI is InChI=1S/C22H18ClN5O5S/c1-14-19(21(30)28(26-14)20(29)15-3-5-16(23)6-4-15)13-33-17-7-9-18(10-8-17)34(31,32)27-22-24-11-2-12-25-22/h2-12,26H,13H2,1H3,(H,24,25,27). The average Bonchev–Trinajstić information content (AvgIpc) is 3.11. The summed E-state index contributed by atoms with van der Waals surface area (Å²) in [6.07, 6.45) is 2.84. The fraction of sp³-hybridized carbons (Fsp3) is 0.0909. The van der Waals surface area contributed by atoms with E-state index in [0.717, 1.165) is 4.68 Å². The molecule has 10 nitrogen and oxygen atoms in total. The zero-order valence-corrected chi connectivity index (χ0v) is 19.3. The molecule has 4 aromatic rings. The molecular weight excluding hydrogens is 482 g/mol. The Labute approximate surface area is 199 Å². The summed E-state index contributed by atoms with van der Waals surface area (Å²) in [5.74, 6) is -0.235. The van der Waals surface area contributed by atoms with Crippen molar-refractivity contribution in [2.24, 2.45) is 0 Å². The molecule has 0 aliphatic rings. The van der Waals surface area contributed by atoms with Gasteiger partial charge < -0.3 is 4.74 Å². The van der Waals surface area contributed by atoms with Gasteiger partial charge in [-0.15, -0.1) is 0 Å². The molecule has 0 aliphatic heterocycles. The van der Waals surface area contributed by atoms with Crippen LogP contribution in [-0.2, 0) is 16.6 Å². The first-order valence-electron chi connectivity index (χ1n) is 9.88. The normalized spacial score (nSPS) is 11.2. The Morgan fingerprint density at radius 3 is 2.38 bits per heavy atom. The molecule has 0 saturated carbocycles. The van der Waals surface area contributed by atoms with Gasteiger partial charge in [0.2, 0.25) is 5.95 Å². The molecule has 0 atom stereocenters. The summed E-state index contributed by atoms with van der Waals surface area (Å²) < 4.78 is 33.8. The van der Waals surface area contributed by atoms with Crippen LogP contribution in [0.1, 0.15) is 21.6 Å². The Bertz CT molecular complexity index is 1480. The van der Waals surface area contributed by atoms with Crippen LogP contribution in [0.25, 0.3) is 0 Å². The third-order valence-corrected chi connectivity index (χ3v) is 6.39. The second kappa shape index (κ2) is 9.49. The van der Waals surface area contributed by atoms with Gasteiger partial charge in [0.1, 0.15) is 12.4 Å². The van der Waals surface area contributed by atoms with Gasteiger partial charge in [0.15, 0.2) is 0 Å². The largest absolute Gasteiger partial charge is 0.489 e. The van der Waals surface area contributed by atoms with E-state index >= 15 is 0 Å². The lowest BCUT2D eigenvalue weighted by Crippen LogP contribution is -2.27. The van der Waals surface area contributed by atoms with Gasteiger partial charge in [0.05, 0.1) is 10.5 Å². The predicted molar refractivity (Wildman–Crippen MR) is 125 cm³/mol. The van der Waals surface area contributed by atoms with E-state index in [0.29, 0.717) is 22.0 Å². The van der Waals surface area contributed by atoms with E-state index in [9.17, 15) is 18.0 Å². The lowest BCUT2D eigenvalue weighted by atomic mass is 10.2. The first-order chi connectivity index (χ1) is 16.2. The molecule has 0 saturated heterocycles. The molecule has 0 spiro atoms. The SMILES string of the molecule is Cc1[nH]n(C(=O)c2ccc(Cl)cc2)c(=O)c1COc1ccc(S(=O)(=O)Nc2ncccn2)cc1. The van der Waals surface area contributed by atoms with Gasteiger partial charge in [-0.25, -0.2) is 23.1 Å². The second-order valence-corrected chi connectivity index (χ2v) is 9.22. The molecular formula is C22H18ClN5O5S. The minimum absolute atomic E-state index is 0.0129. The number of halogens is 1. The monoisotopic (exact) mass is 499 g/mol. The number of aromatic amines is 1. The van der Waals surface area contributed by atoms with Crippen molar-refractivity contribution < 1.29 is 17.9 Å². The fourth-order valence-electron chi connectivity index (χ4n) is 3.02. The number of benzene rings is 2. The van der Waals surface area contributed by atoms with Gasteiger partial charge in [0, 0.05) is 28.7 Å². The summed E-state index contributed by atoms with van der Waals surface area (Å²) in [6.45, 7) is 1.53. The van der Waals surface area contributed by atoms with E-state index in [1.54, 1.807) is 25.1 Å². The third-order valence-electron chi connectivity index (χ3n) is 4.80. The molecule has 4 rings (SSSR count). The van der Waals surface area contributed by atoms with E-state index in [4.69, 9.17) is 16.3 Å². The van der Waals surface area contributed by atoms with Crippen molar-refractivity contribution in [2.45, 2.75) is 18.4 Å². The second-order valence-electron chi connectivity index (χ2n) is 7.11. The number of H-pyrrole nitrogens is 1. The third kappa shape index (κ3) is 5.00. The van der Waals surface area contributed by atoms with Crippen LogP contribution < -0.4 is 15.0 Å². The smallest absolute Gasteiger partial charge is 0.280 e. The Kier molecular flexibility index (Phi) is 6.48. The first kappa shape index (κ1) is 23.2. The number of aromatic nitrogens is 4. The number of carbonyl (C=O) groups excluding carboxylic acids is 1. The highest BCUT2D eigenvalue weighted by Gasteiger charge is 2.19. The van der Waals surface area contributed by atoms with E-state index < -0.39 is 21.5 Å². The predicted octanol–water partition coefficient (Wildman–Crippen LogP) is 3.00. The minimum Gasteiger partial charge on any atom is -0.489 e. The number of nitrogens with one attached hydrogen (secondary N) is 2. The number of rotatable bonds is 7. The van der Waals surface area contributed by atoms with Gasteiger partial charge in [-0.3, -0.25) is 14.7 Å². The van der Waals surface area contributed by atoms with Crippen molar-refractivity contribution in [3.8, 4) is 5.75 Å². The number of nitrogens with zero attached hydrogens (tertiary/aromatic N) is 3. The molecule has 2 aromatic carbocycles. The van der Waals surface area contributed by atoms with Gasteiger partial charge in [-0.2, -0.15) is 4.68 Å².